The predicted molar refractivity (Wildman–Crippen MR) is 101 cm³/mol. The molecule has 27 heavy (non-hydrogen) atoms. The molecule has 0 aromatic heterocycles. The van der Waals surface area contributed by atoms with Crippen LogP contribution in [0.15, 0.2) is 36.4 Å². The molecule has 5 heteroatoms. The Hall–Kier alpha value is -2.50. The number of halogens is 1. The van der Waals surface area contributed by atoms with E-state index in [0.717, 1.165) is 27.8 Å². The molecule has 1 aliphatic rings. The number of aliphatic hydroxyl groups is 2. The summed E-state index contributed by atoms with van der Waals surface area (Å²) < 4.78 is 19.0. The molecular formula is C22H23FO4. The Morgan fingerprint density at radius 2 is 2.04 bits per heavy atom. The summed E-state index contributed by atoms with van der Waals surface area (Å²) in [5.41, 5.74) is 4.96. The molecule has 0 bridgehead atoms. The first-order valence-electron chi connectivity index (χ1n) is 8.94. The van der Waals surface area contributed by atoms with Crippen LogP contribution in [0, 0.1) is 19.7 Å². The van der Waals surface area contributed by atoms with Gasteiger partial charge in [0.25, 0.3) is 0 Å². The molecule has 2 atom stereocenters. The molecule has 2 aromatic rings. The van der Waals surface area contributed by atoms with E-state index in [0.29, 0.717) is 6.42 Å². The molecule has 142 valence electrons. The summed E-state index contributed by atoms with van der Waals surface area (Å²) in [4.78, 5) is 11.5. The van der Waals surface area contributed by atoms with E-state index < -0.39 is 24.0 Å². The molecule has 4 nitrogen and oxygen atoms in total. The minimum Gasteiger partial charge on any atom is -0.458 e. The Kier molecular flexibility index (Phi) is 5.73. The van der Waals surface area contributed by atoms with Gasteiger partial charge in [-0.1, -0.05) is 29.8 Å². The van der Waals surface area contributed by atoms with Gasteiger partial charge in [-0.25, -0.2) is 4.39 Å². The molecule has 3 rings (SSSR count). The number of hydrogen-bond donors (Lipinski definition) is 2. The van der Waals surface area contributed by atoms with E-state index in [2.05, 4.69) is 0 Å². The molecule has 0 spiro atoms. The molecule has 1 fully saturated rings. The van der Waals surface area contributed by atoms with Gasteiger partial charge in [-0.05, 0) is 54.3 Å². The monoisotopic (exact) mass is 370 g/mol. The summed E-state index contributed by atoms with van der Waals surface area (Å²) in [5, 5.41) is 19.1. The van der Waals surface area contributed by atoms with Crippen LogP contribution in [-0.2, 0) is 16.1 Å². The van der Waals surface area contributed by atoms with E-state index in [1.807, 2.05) is 32.1 Å². The third kappa shape index (κ3) is 4.43. The maximum atomic E-state index is 13.8. The average Bonchev–Trinajstić information content (AvgIpc) is 2.60. The largest absolute Gasteiger partial charge is 0.458 e. The summed E-state index contributed by atoms with van der Waals surface area (Å²) in [5.74, 6) is -0.846. The lowest BCUT2D eigenvalue weighted by Crippen LogP contribution is -2.31. The molecule has 1 heterocycles. The number of aryl methyl sites for hydroxylation is 2. The Morgan fingerprint density at radius 1 is 1.26 bits per heavy atom. The molecule has 0 aliphatic carbocycles. The highest BCUT2D eigenvalue weighted by atomic mass is 19.1. The Morgan fingerprint density at radius 3 is 2.74 bits per heavy atom. The molecule has 0 radical (unpaired) electrons. The van der Waals surface area contributed by atoms with Crippen molar-refractivity contribution < 1.29 is 24.1 Å². The number of esters is 1. The lowest BCUT2D eigenvalue weighted by atomic mass is 9.92. The summed E-state index contributed by atoms with van der Waals surface area (Å²) in [6.45, 7) is 3.60. The minimum absolute atomic E-state index is 0.0265. The number of ether oxygens (including phenoxy) is 1. The number of rotatable bonds is 4. The average molecular weight is 370 g/mol. The lowest BCUT2D eigenvalue weighted by Gasteiger charge is -2.23. The fourth-order valence-corrected chi connectivity index (χ4v) is 3.43. The van der Waals surface area contributed by atoms with Crippen molar-refractivity contribution >= 4 is 12.0 Å². The van der Waals surface area contributed by atoms with Gasteiger partial charge in [-0.15, -0.1) is 0 Å². The maximum absolute atomic E-state index is 13.8. The highest BCUT2D eigenvalue weighted by molar-refractivity contribution is 5.78. The molecular weight excluding hydrogens is 347 g/mol. The molecule has 2 N–H and O–H groups in total. The van der Waals surface area contributed by atoms with Crippen molar-refractivity contribution in [1.82, 2.24) is 0 Å². The second kappa shape index (κ2) is 8.03. The van der Waals surface area contributed by atoms with Crippen LogP contribution in [0.2, 0.25) is 0 Å². The van der Waals surface area contributed by atoms with Gasteiger partial charge in [0.15, 0.2) is 0 Å². The zero-order chi connectivity index (χ0) is 19.6. The van der Waals surface area contributed by atoms with Crippen LogP contribution in [0.1, 0.15) is 35.1 Å². The fourth-order valence-electron chi connectivity index (χ4n) is 3.43. The van der Waals surface area contributed by atoms with E-state index in [-0.39, 0.29) is 18.6 Å². The van der Waals surface area contributed by atoms with Crippen LogP contribution < -0.4 is 0 Å². The highest BCUT2D eigenvalue weighted by Gasteiger charge is 2.25. The molecule has 2 unspecified atom stereocenters. The quantitative estimate of drug-likeness (QED) is 0.806. The Labute approximate surface area is 157 Å². The van der Waals surface area contributed by atoms with Gasteiger partial charge >= 0.3 is 5.97 Å². The van der Waals surface area contributed by atoms with Crippen LogP contribution in [0.5, 0.6) is 0 Å². The first-order valence-corrected chi connectivity index (χ1v) is 8.94. The standard InChI is InChI=1S/C22H23FO4/c1-13-7-14(2)19(5-4-18-10-17(25)11-22(26)27-18)20(8-13)15-3-6-21(23)16(9-15)12-24/h3-9,17-18,24-25H,10-12H2,1-2H3/b5-4+. The van der Waals surface area contributed by atoms with E-state index in [9.17, 15) is 19.4 Å². The molecule has 0 amide bonds. The summed E-state index contributed by atoms with van der Waals surface area (Å²) >= 11 is 0. The molecule has 1 aliphatic heterocycles. The van der Waals surface area contributed by atoms with E-state index >= 15 is 0 Å². The molecule has 1 saturated heterocycles. The van der Waals surface area contributed by atoms with Crippen molar-refractivity contribution in [2.24, 2.45) is 0 Å². The maximum Gasteiger partial charge on any atom is 0.309 e. The number of carbonyl (C=O) groups excluding carboxylic acids is 1. The van der Waals surface area contributed by atoms with Crippen molar-refractivity contribution in [2.75, 3.05) is 0 Å². The zero-order valence-electron chi connectivity index (χ0n) is 15.4. The number of benzene rings is 2. The normalized spacial score (nSPS) is 20.1. The SMILES string of the molecule is Cc1cc(C)c(/C=C/C2CC(O)CC(=O)O2)c(-c2ccc(F)c(CO)c2)c1. The zero-order valence-corrected chi connectivity index (χ0v) is 15.4. The second-order valence-corrected chi connectivity index (χ2v) is 6.99. The van der Waals surface area contributed by atoms with Crippen LogP contribution in [-0.4, -0.2) is 28.4 Å². The van der Waals surface area contributed by atoms with Crippen molar-refractivity contribution in [3.63, 3.8) is 0 Å². The van der Waals surface area contributed by atoms with Crippen molar-refractivity contribution in [3.8, 4) is 11.1 Å². The highest BCUT2D eigenvalue weighted by Crippen LogP contribution is 2.31. The van der Waals surface area contributed by atoms with Crippen molar-refractivity contribution in [1.29, 1.82) is 0 Å². The van der Waals surface area contributed by atoms with Crippen molar-refractivity contribution in [3.05, 3.63) is 64.5 Å². The van der Waals surface area contributed by atoms with E-state index in [1.165, 1.54) is 6.07 Å². The van der Waals surface area contributed by atoms with Gasteiger partial charge < -0.3 is 14.9 Å². The van der Waals surface area contributed by atoms with Crippen LogP contribution in [0.3, 0.4) is 0 Å². The van der Waals surface area contributed by atoms with Crippen molar-refractivity contribution in [2.45, 2.75) is 45.5 Å². The van der Waals surface area contributed by atoms with Crippen LogP contribution in [0.4, 0.5) is 4.39 Å². The lowest BCUT2D eigenvalue weighted by molar-refractivity contribution is -0.156. The van der Waals surface area contributed by atoms with Gasteiger partial charge in [0.05, 0.1) is 19.1 Å². The minimum atomic E-state index is -0.691. The van der Waals surface area contributed by atoms with E-state index in [1.54, 1.807) is 18.2 Å². The van der Waals surface area contributed by atoms with Crippen LogP contribution >= 0.6 is 0 Å². The smallest absolute Gasteiger partial charge is 0.309 e. The number of carbonyl (C=O) groups is 1. The summed E-state index contributed by atoms with van der Waals surface area (Å²) in [6, 6.07) is 8.73. The first kappa shape index (κ1) is 19.3. The number of cyclic esters (lactones) is 1. The van der Waals surface area contributed by atoms with E-state index in [4.69, 9.17) is 4.74 Å². The third-order valence-corrected chi connectivity index (χ3v) is 4.73. The topological polar surface area (TPSA) is 66.8 Å². The molecule has 2 aromatic carbocycles. The third-order valence-electron chi connectivity index (χ3n) is 4.73. The first-order chi connectivity index (χ1) is 12.9. The van der Waals surface area contributed by atoms with Gasteiger partial charge in [-0.3, -0.25) is 4.79 Å². The second-order valence-electron chi connectivity index (χ2n) is 6.99. The summed E-state index contributed by atoms with van der Waals surface area (Å²) in [6.07, 6.45) is 2.88. The Bertz CT molecular complexity index is 888. The van der Waals surface area contributed by atoms with Gasteiger partial charge in [-0.2, -0.15) is 0 Å². The fraction of sp³-hybridized carbons (Fsp3) is 0.318. The Balaban J connectivity index is 2.00. The number of hydrogen-bond acceptors (Lipinski definition) is 4. The molecule has 0 saturated carbocycles. The van der Waals surface area contributed by atoms with Gasteiger partial charge in [0, 0.05) is 12.0 Å². The summed E-state index contributed by atoms with van der Waals surface area (Å²) in [7, 11) is 0. The van der Waals surface area contributed by atoms with Gasteiger partial charge in [0.2, 0.25) is 0 Å². The van der Waals surface area contributed by atoms with Gasteiger partial charge in [0.1, 0.15) is 11.9 Å². The van der Waals surface area contributed by atoms with Crippen LogP contribution in [0.25, 0.3) is 17.2 Å². The number of aliphatic hydroxyl groups excluding tert-OH is 2. The predicted octanol–water partition coefficient (Wildman–Crippen LogP) is 3.68.